The monoisotopic (exact) mass is 209 g/mol. The molecule has 0 atom stereocenters. The normalized spacial score (nSPS) is 17.7. The van der Waals surface area contributed by atoms with Crippen LogP contribution in [0, 0.1) is 0 Å². The molecule has 15 heavy (non-hydrogen) atoms. The highest BCUT2D eigenvalue weighted by Gasteiger charge is 2.21. The lowest BCUT2D eigenvalue weighted by molar-refractivity contribution is 0.0589. The van der Waals surface area contributed by atoms with Gasteiger partial charge in [-0.15, -0.1) is 0 Å². The van der Waals surface area contributed by atoms with Crippen molar-refractivity contribution < 1.29 is 14.1 Å². The standard InChI is InChI=1S/C11H15NO3/c1-14-11(13)9-7-10(15-12-9)8-5-3-2-4-6-8/h7-8H,2-6H2,1H3. The fourth-order valence-electron chi connectivity index (χ4n) is 2.07. The van der Waals surface area contributed by atoms with Crippen LogP contribution < -0.4 is 0 Å². The van der Waals surface area contributed by atoms with Gasteiger partial charge in [-0.3, -0.25) is 0 Å². The van der Waals surface area contributed by atoms with Crippen molar-refractivity contribution >= 4 is 5.97 Å². The maximum Gasteiger partial charge on any atom is 0.360 e. The lowest BCUT2D eigenvalue weighted by Gasteiger charge is -2.18. The van der Waals surface area contributed by atoms with Gasteiger partial charge in [0.05, 0.1) is 7.11 Å². The summed E-state index contributed by atoms with van der Waals surface area (Å²) in [5, 5.41) is 3.71. The molecule has 1 saturated carbocycles. The molecule has 4 heteroatoms. The van der Waals surface area contributed by atoms with Crippen molar-refractivity contribution in [3.8, 4) is 0 Å². The van der Waals surface area contributed by atoms with E-state index in [-0.39, 0.29) is 5.69 Å². The lowest BCUT2D eigenvalue weighted by Crippen LogP contribution is -2.03. The largest absolute Gasteiger partial charge is 0.464 e. The second-order valence-corrected chi connectivity index (χ2v) is 3.94. The smallest absolute Gasteiger partial charge is 0.360 e. The molecule has 1 aromatic rings. The van der Waals surface area contributed by atoms with Gasteiger partial charge in [-0.25, -0.2) is 4.79 Å². The molecule has 1 aliphatic rings. The fourth-order valence-corrected chi connectivity index (χ4v) is 2.07. The minimum absolute atomic E-state index is 0.276. The van der Waals surface area contributed by atoms with Gasteiger partial charge in [0, 0.05) is 12.0 Å². The van der Waals surface area contributed by atoms with Gasteiger partial charge in [-0.1, -0.05) is 24.4 Å². The topological polar surface area (TPSA) is 52.3 Å². The number of esters is 1. The van der Waals surface area contributed by atoms with Crippen LogP contribution in [0.4, 0.5) is 0 Å². The second kappa shape index (κ2) is 4.47. The van der Waals surface area contributed by atoms with E-state index in [4.69, 9.17) is 4.52 Å². The summed E-state index contributed by atoms with van der Waals surface area (Å²) in [6, 6.07) is 1.71. The molecule has 0 N–H and O–H groups in total. The van der Waals surface area contributed by atoms with Crippen LogP contribution in [-0.4, -0.2) is 18.2 Å². The van der Waals surface area contributed by atoms with Gasteiger partial charge in [0.25, 0.3) is 0 Å². The van der Waals surface area contributed by atoms with Gasteiger partial charge in [0.15, 0.2) is 5.69 Å². The van der Waals surface area contributed by atoms with Crippen LogP contribution in [0.3, 0.4) is 0 Å². The summed E-state index contributed by atoms with van der Waals surface area (Å²) in [6.45, 7) is 0. The Morgan fingerprint density at radius 1 is 1.47 bits per heavy atom. The number of nitrogens with zero attached hydrogens (tertiary/aromatic N) is 1. The molecule has 1 aromatic heterocycles. The summed E-state index contributed by atoms with van der Waals surface area (Å²) < 4.78 is 9.75. The van der Waals surface area contributed by atoms with E-state index in [1.165, 1.54) is 26.4 Å². The van der Waals surface area contributed by atoms with E-state index in [1.54, 1.807) is 6.07 Å². The SMILES string of the molecule is COC(=O)c1cc(C2CCCCC2)on1. The van der Waals surface area contributed by atoms with Crippen molar-refractivity contribution in [1.29, 1.82) is 0 Å². The van der Waals surface area contributed by atoms with Crippen molar-refractivity contribution in [3.05, 3.63) is 17.5 Å². The zero-order valence-electron chi connectivity index (χ0n) is 8.86. The minimum Gasteiger partial charge on any atom is -0.464 e. The molecule has 1 heterocycles. The van der Waals surface area contributed by atoms with E-state index in [9.17, 15) is 4.79 Å². The molecule has 0 saturated heterocycles. The predicted molar refractivity (Wildman–Crippen MR) is 53.7 cm³/mol. The van der Waals surface area contributed by atoms with Gasteiger partial charge in [0.1, 0.15) is 5.76 Å². The van der Waals surface area contributed by atoms with Crippen molar-refractivity contribution in [3.63, 3.8) is 0 Å². The first kappa shape index (κ1) is 10.2. The molecule has 0 unspecified atom stereocenters. The Hall–Kier alpha value is -1.32. The van der Waals surface area contributed by atoms with Crippen molar-refractivity contribution in [1.82, 2.24) is 5.16 Å². The van der Waals surface area contributed by atoms with Crippen LogP contribution in [-0.2, 0) is 4.74 Å². The molecule has 0 radical (unpaired) electrons. The number of methoxy groups -OCH3 is 1. The molecule has 1 aliphatic carbocycles. The average Bonchev–Trinajstić information content (AvgIpc) is 2.78. The predicted octanol–water partition coefficient (Wildman–Crippen LogP) is 2.51. The molecule has 82 valence electrons. The molecule has 0 aromatic carbocycles. The van der Waals surface area contributed by atoms with Gasteiger partial charge < -0.3 is 9.26 Å². The van der Waals surface area contributed by atoms with Crippen LogP contribution >= 0.6 is 0 Å². The van der Waals surface area contributed by atoms with Crippen LogP contribution in [0.2, 0.25) is 0 Å². The van der Waals surface area contributed by atoms with Crippen molar-refractivity contribution in [2.45, 2.75) is 38.0 Å². The summed E-state index contributed by atoms with van der Waals surface area (Å²) >= 11 is 0. The zero-order chi connectivity index (χ0) is 10.7. The Morgan fingerprint density at radius 3 is 2.87 bits per heavy atom. The van der Waals surface area contributed by atoms with Crippen LogP contribution in [0.5, 0.6) is 0 Å². The number of ether oxygens (including phenoxy) is 1. The zero-order valence-corrected chi connectivity index (χ0v) is 8.86. The van der Waals surface area contributed by atoms with E-state index >= 15 is 0 Å². The molecular weight excluding hydrogens is 194 g/mol. The summed E-state index contributed by atoms with van der Waals surface area (Å²) in [6.07, 6.45) is 6.04. The first-order valence-electron chi connectivity index (χ1n) is 5.36. The summed E-state index contributed by atoms with van der Waals surface area (Å²) in [4.78, 5) is 11.2. The van der Waals surface area contributed by atoms with Gasteiger partial charge >= 0.3 is 5.97 Å². The number of rotatable bonds is 2. The van der Waals surface area contributed by atoms with Gasteiger partial charge in [-0.05, 0) is 12.8 Å². The van der Waals surface area contributed by atoms with Gasteiger partial charge in [-0.2, -0.15) is 0 Å². The third-order valence-electron chi connectivity index (χ3n) is 2.93. The first-order chi connectivity index (χ1) is 7.31. The molecule has 1 fully saturated rings. The fraction of sp³-hybridized carbons (Fsp3) is 0.636. The van der Waals surface area contributed by atoms with E-state index in [0.717, 1.165) is 18.6 Å². The summed E-state index contributed by atoms with van der Waals surface area (Å²) in [5.74, 6) is 0.834. The highest BCUT2D eigenvalue weighted by Crippen LogP contribution is 2.32. The van der Waals surface area contributed by atoms with E-state index in [1.807, 2.05) is 0 Å². The number of hydrogen-bond donors (Lipinski definition) is 0. The third kappa shape index (κ3) is 2.19. The quantitative estimate of drug-likeness (QED) is 0.702. The molecule has 4 nitrogen and oxygen atoms in total. The summed E-state index contributed by atoms with van der Waals surface area (Å²) in [7, 11) is 1.34. The molecule has 0 spiro atoms. The van der Waals surface area contributed by atoms with Gasteiger partial charge in [0.2, 0.25) is 0 Å². The van der Waals surface area contributed by atoms with Crippen molar-refractivity contribution in [2.24, 2.45) is 0 Å². The Kier molecular flexibility index (Phi) is 3.04. The second-order valence-electron chi connectivity index (χ2n) is 3.94. The Morgan fingerprint density at radius 2 is 2.20 bits per heavy atom. The third-order valence-corrected chi connectivity index (χ3v) is 2.93. The molecule has 0 bridgehead atoms. The maximum atomic E-state index is 11.2. The van der Waals surface area contributed by atoms with Crippen LogP contribution in [0.25, 0.3) is 0 Å². The summed E-state index contributed by atoms with van der Waals surface area (Å²) in [5.41, 5.74) is 0.276. The number of hydrogen-bond acceptors (Lipinski definition) is 4. The van der Waals surface area contributed by atoms with E-state index < -0.39 is 5.97 Å². The highest BCUT2D eigenvalue weighted by molar-refractivity contribution is 5.86. The Labute approximate surface area is 88.6 Å². The number of aromatic nitrogens is 1. The molecule has 0 amide bonds. The number of carbonyl (C=O) groups excluding carboxylic acids is 1. The van der Waals surface area contributed by atoms with Crippen LogP contribution in [0.15, 0.2) is 10.6 Å². The molecular formula is C11H15NO3. The average molecular weight is 209 g/mol. The van der Waals surface area contributed by atoms with E-state index in [2.05, 4.69) is 9.89 Å². The van der Waals surface area contributed by atoms with E-state index in [0.29, 0.717) is 5.92 Å². The maximum absolute atomic E-state index is 11.2. The highest BCUT2D eigenvalue weighted by atomic mass is 16.5. The van der Waals surface area contributed by atoms with Crippen LogP contribution in [0.1, 0.15) is 54.3 Å². The molecule has 0 aliphatic heterocycles. The minimum atomic E-state index is -0.430. The lowest BCUT2D eigenvalue weighted by atomic mass is 9.87. The molecule has 2 rings (SSSR count). The Balaban J connectivity index is 2.08. The van der Waals surface area contributed by atoms with Crippen molar-refractivity contribution in [2.75, 3.05) is 7.11 Å². The Bertz CT molecular complexity index is 339. The number of carbonyl (C=O) groups is 1. The first-order valence-corrected chi connectivity index (χ1v) is 5.36.